The summed E-state index contributed by atoms with van der Waals surface area (Å²) < 4.78 is 1.36. The van der Waals surface area contributed by atoms with Crippen LogP contribution in [0.2, 0.25) is 5.02 Å². The SMILES string of the molecule is Cc1ccc(N(CCC#N)C(=O)CSc2nnc(-c3ccc(Cl)cc3)n2N)cc1C. The van der Waals surface area contributed by atoms with Crippen molar-refractivity contribution in [1.82, 2.24) is 14.9 Å². The van der Waals surface area contributed by atoms with E-state index in [0.29, 0.717) is 22.5 Å². The molecule has 154 valence electrons. The third-order valence-corrected chi connectivity index (χ3v) is 5.82. The quantitative estimate of drug-likeness (QED) is 0.440. The molecule has 0 radical (unpaired) electrons. The van der Waals surface area contributed by atoms with Gasteiger partial charge in [-0.25, -0.2) is 4.68 Å². The molecular weight excluding hydrogens is 420 g/mol. The number of anilines is 1. The van der Waals surface area contributed by atoms with Gasteiger partial charge in [0.25, 0.3) is 0 Å². The van der Waals surface area contributed by atoms with Crippen molar-refractivity contribution in [2.24, 2.45) is 0 Å². The van der Waals surface area contributed by atoms with Crippen molar-refractivity contribution in [3.63, 3.8) is 0 Å². The molecule has 2 aromatic carbocycles. The van der Waals surface area contributed by atoms with Crippen molar-refractivity contribution >= 4 is 35.0 Å². The molecule has 0 aliphatic rings. The summed E-state index contributed by atoms with van der Waals surface area (Å²) in [5.74, 6) is 6.61. The molecule has 2 N–H and O–H groups in total. The Morgan fingerprint density at radius 1 is 1.20 bits per heavy atom. The van der Waals surface area contributed by atoms with Gasteiger partial charge in [0.05, 0.1) is 18.2 Å². The topological polar surface area (TPSA) is 101 Å². The number of nitrogen functional groups attached to an aromatic ring is 1. The molecule has 1 aromatic heterocycles. The Balaban J connectivity index is 1.74. The van der Waals surface area contributed by atoms with Crippen LogP contribution in [0.15, 0.2) is 47.6 Å². The van der Waals surface area contributed by atoms with Crippen LogP contribution in [0.5, 0.6) is 0 Å². The predicted molar refractivity (Wildman–Crippen MR) is 120 cm³/mol. The van der Waals surface area contributed by atoms with Gasteiger partial charge in [0.2, 0.25) is 11.1 Å². The predicted octanol–water partition coefficient (Wildman–Crippen LogP) is 3.97. The molecular formula is C21H21ClN6OS. The lowest BCUT2D eigenvalue weighted by atomic mass is 10.1. The first-order valence-electron chi connectivity index (χ1n) is 9.24. The van der Waals surface area contributed by atoms with Gasteiger partial charge >= 0.3 is 0 Å². The normalized spacial score (nSPS) is 10.6. The molecule has 0 saturated carbocycles. The lowest BCUT2D eigenvalue weighted by Gasteiger charge is -2.22. The number of amides is 1. The number of hydrogen-bond acceptors (Lipinski definition) is 6. The van der Waals surface area contributed by atoms with Gasteiger partial charge in [-0.1, -0.05) is 29.4 Å². The Morgan fingerprint density at radius 2 is 1.93 bits per heavy atom. The van der Waals surface area contributed by atoms with Gasteiger partial charge in [0, 0.05) is 22.8 Å². The van der Waals surface area contributed by atoms with Gasteiger partial charge in [-0.05, 0) is 61.4 Å². The van der Waals surface area contributed by atoms with Crippen LogP contribution in [0.25, 0.3) is 11.4 Å². The molecule has 9 heteroatoms. The largest absolute Gasteiger partial charge is 0.335 e. The van der Waals surface area contributed by atoms with E-state index in [1.54, 1.807) is 29.2 Å². The highest BCUT2D eigenvalue weighted by Crippen LogP contribution is 2.25. The number of nitrogens with two attached hydrogens (primary N) is 1. The molecule has 3 aromatic rings. The van der Waals surface area contributed by atoms with Crippen LogP contribution >= 0.6 is 23.4 Å². The fourth-order valence-electron chi connectivity index (χ4n) is 2.83. The maximum atomic E-state index is 12.9. The molecule has 1 heterocycles. The highest BCUT2D eigenvalue weighted by atomic mass is 35.5. The van der Waals surface area contributed by atoms with Gasteiger partial charge in [0.1, 0.15) is 0 Å². The zero-order valence-corrected chi connectivity index (χ0v) is 18.2. The lowest BCUT2D eigenvalue weighted by Crippen LogP contribution is -2.33. The van der Waals surface area contributed by atoms with E-state index in [-0.39, 0.29) is 18.1 Å². The van der Waals surface area contributed by atoms with Crippen LogP contribution in [-0.4, -0.2) is 33.1 Å². The maximum Gasteiger partial charge on any atom is 0.237 e. The molecule has 0 bridgehead atoms. The lowest BCUT2D eigenvalue weighted by molar-refractivity contribution is -0.116. The second-order valence-corrected chi connectivity index (χ2v) is 8.07. The first-order valence-corrected chi connectivity index (χ1v) is 10.6. The molecule has 0 spiro atoms. The average Bonchev–Trinajstić information content (AvgIpc) is 3.10. The Kier molecular flexibility index (Phi) is 6.98. The Labute approximate surface area is 184 Å². The zero-order chi connectivity index (χ0) is 21.7. The molecule has 1 amide bonds. The summed E-state index contributed by atoms with van der Waals surface area (Å²) in [6.07, 6.45) is 0.247. The van der Waals surface area contributed by atoms with E-state index < -0.39 is 0 Å². The van der Waals surface area contributed by atoms with Gasteiger partial charge in [0.15, 0.2) is 5.82 Å². The molecule has 0 unspecified atom stereocenters. The zero-order valence-electron chi connectivity index (χ0n) is 16.7. The number of benzene rings is 2. The minimum absolute atomic E-state index is 0.119. The first-order chi connectivity index (χ1) is 14.4. The molecule has 0 aliphatic heterocycles. The van der Waals surface area contributed by atoms with Gasteiger partial charge in [-0.15, -0.1) is 10.2 Å². The number of halogens is 1. The van der Waals surface area contributed by atoms with Crippen LogP contribution in [0, 0.1) is 25.2 Å². The monoisotopic (exact) mass is 440 g/mol. The first kappa shape index (κ1) is 21.7. The third kappa shape index (κ3) is 4.93. The fraction of sp³-hybridized carbons (Fsp3) is 0.238. The molecule has 0 aliphatic carbocycles. The van der Waals surface area contributed by atoms with E-state index in [4.69, 9.17) is 22.7 Å². The van der Waals surface area contributed by atoms with E-state index >= 15 is 0 Å². The van der Waals surface area contributed by atoms with Gasteiger partial charge < -0.3 is 10.7 Å². The highest BCUT2D eigenvalue weighted by molar-refractivity contribution is 7.99. The Hall–Kier alpha value is -3.02. The van der Waals surface area contributed by atoms with Crippen LogP contribution < -0.4 is 10.7 Å². The average molecular weight is 441 g/mol. The van der Waals surface area contributed by atoms with Crippen LogP contribution in [0.3, 0.4) is 0 Å². The Bertz CT molecular complexity index is 1090. The van der Waals surface area contributed by atoms with Crippen molar-refractivity contribution in [3.05, 3.63) is 58.6 Å². The summed E-state index contributed by atoms with van der Waals surface area (Å²) in [6.45, 7) is 4.34. The maximum absolute atomic E-state index is 12.9. The van der Waals surface area contributed by atoms with E-state index in [9.17, 15) is 4.79 Å². The molecule has 0 saturated heterocycles. The number of aryl methyl sites for hydroxylation is 2. The number of carbonyl (C=O) groups is 1. The van der Waals surface area contributed by atoms with Crippen LogP contribution in [-0.2, 0) is 4.79 Å². The summed E-state index contributed by atoms with van der Waals surface area (Å²) in [5, 5.41) is 18.2. The fourth-order valence-corrected chi connectivity index (χ4v) is 3.69. The minimum Gasteiger partial charge on any atom is -0.335 e. The number of carbonyl (C=O) groups excluding carboxylic acids is 1. The van der Waals surface area contributed by atoms with E-state index in [0.717, 1.165) is 22.4 Å². The number of thioether (sulfide) groups is 1. The van der Waals surface area contributed by atoms with E-state index in [2.05, 4.69) is 16.3 Å². The van der Waals surface area contributed by atoms with Crippen molar-refractivity contribution in [2.45, 2.75) is 25.4 Å². The highest BCUT2D eigenvalue weighted by Gasteiger charge is 2.19. The number of rotatable bonds is 7. The summed E-state index contributed by atoms with van der Waals surface area (Å²) in [7, 11) is 0. The van der Waals surface area contributed by atoms with Crippen molar-refractivity contribution in [3.8, 4) is 17.5 Å². The van der Waals surface area contributed by atoms with E-state index in [1.807, 2.05) is 32.0 Å². The summed E-state index contributed by atoms with van der Waals surface area (Å²) >= 11 is 7.12. The molecule has 7 nitrogen and oxygen atoms in total. The molecule has 0 fully saturated rings. The van der Waals surface area contributed by atoms with Crippen molar-refractivity contribution < 1.29 is 4.79 Å². The Morgan fingerprint density at radius 3 is 2.60 bits per heavy atom. The number of hydrogen-bond donors (Lipinski definition) is 1. The molecule has 3 rings (SSSR count). The standard InChI is InChI=1S/C21H21ClN6OS/c1-14-4-9-18(12-15(14)2)27(11-3-10-23)19(29)13-30-21-26-25-20(28(21)24)16-5-7-17(22)8-6-16/h4-9,12H,3,11,13,24H2,1-2H3. The second kappa shape index (κ2) is 9.65. The summed E-state index contributed by atoms with van der Waals surface area (Å²) in [4.78, 5) is 14.6. The number of nitrogens with zero attached hydrogens (tertiary/aromatic N) is 5. The smallest absolute Gasteiger partial charge is 0.237 e. The summed E-state index contributed by atoms with van der Waals surface area (Å²) in [5.41, 5.74) is 3.78. The van der Waals surface area contributed by atoms with Gasteiger partial charge in [-0.2, -0.15) is 5.26 Å². The molecule has 30 heavy (non-hydrogen) atoms. The van der Waals surface area contributed by atoms with Crippen molar-refractivity contribution in [2.75, 3.05) is 23.0 Å². The van der Waals surface area contributed by atoms with E-state index in [1.165, 1.54) is 16.4 Å². The number of nitriles is 1. The van der Waals surface area contributed by atoms with Crippen LogP contribution in [0.4, 0.5) is 5.69 Å². The molecule has 0 atom stereocenters. The minimum atomic E-state index is -0.130. The van der Waals surface area contributed by atoms with Crippen molar-refractivity contribution in [1.29, 1.82) is 5.26 Å². The van der Waals surface area contributed by atoms with Gasteiger partial charge in [-0.3, -0.25) is 4.79 Å². The second-order valence-electron chi connectivity index (χ2n) is 6.69. The number of aromatic nitrogens is 3. The summed E-state index contributed by atoms with van der Waals surface area (Å²) in [6, 6.07) is 15.0. The third-order valence-electron chi connectivity index (χ3n) is 4.64. The van der Waals surface area contributed by atoms with Crippen LogP contribution in [0.1, 0.15) is 17.5 Å².